The van der Waals surface area contributed by atoms with Crippen LogP contribution in [0.2, 0.25) is 5.02 Å². The van der Waals surface area contributed by atoms with Gasteiger partial charge in [0.15, 0.2) is 0 Å². The van der Waals surface area contributed by atoms with Gasteiger partial charge in [0.25, 0.3) is 0 Å². The summed E-state index contributed by atoms with van der Waals surface area (Å²) in [6, 6.07) is 0.535. The summed E-state index contributed by atoms with van der Waals surface area (Å²) in [5.74, 6) is 0.756. The van der Waals surface area contributed by atoms with Gasteiger partial charge in [-0.15, -0.1) is 24.8 Å². The number of nitrogens with one attached hydrogen (secondary N) is 1. The highest BCUT2D eigenvalue weighted by Gasteiger charge is 2.19. The van der Waals surface area contributed by atoms with Crippen molar-refractivity contribution in [2.45, 2.75) is 18.9 Å². The molecule has 17 heavy (non-hydrogen) atoms. The Kier molecular flexibility index (Phi) is 7.79. The van der Waals surface area contributed by atoms with E-state index in [0.717, 1.165) is 31.9 Å². The van der Waals surface area contributed by atoms with Gasteiger partial charge in [0.05, 0.1) is 17.4 Å². The van der Waals surface area contributed by atoms with Gasteiger partial charge in [-0.05, 0) is 25.9 Å². The van der Waals surface area contributed by atoms with E-state index in [1.807, 2.05) is 7.05 Å². The standard InChI is InChI=1S/C10H15ClN4.2ClH/c1-15(9-2-4-12-5-3-9)10-13-6-8(11)7-14-10;;/h6-7,9,12H,2-5H2,1H3;2*1H. The minimum absolute atomic E-state index is 0. The largest absolute Gasteiger partial charge is 0.341 e. The van der Waals surface area contributed by atoms with E-state index in [2.05, 4.69) is 20.2 Å². The Morgan fingerprint density at radius 2 is 1.76 bits per heavy atom. The van der Waals surface area contributed by atoms with E-state index in [1.54, 1.807) is 12.4 Å². The van der Waals surface area contributed by atoms with Gasteiger partial charge in [-0.25, -0.2) is 9.97 Å². The minimum Gasteiger partial charge on any atom is -0.341 e. The van der Waals surface area contributed by atoms with Crippen LogP contribution in [0.25, 0.3) is 0 Å². The summed E-state index contributed by atoms with van der Waals surface area (Å²) in [4.78, 5) is 10.6. The predicted octanol–water partition coefficient (Wildman–Crippen LogP) is 2.16. The lowest BCUT2D eigenvalue weighted by atomic mass is 10.1. The van der Waals surface area contributed by atoms with Crippen LogP contribution in [0.1, 0.15) is 12.8 Å². The van der Waals surface area contributed by atoms with E-state index in [1.165, 1.54) is 0 Å². The number of rotatable bonds is 2. The Labute approximate surface area is 119 Å². The second-order valence-electron chi connectivity index (χ2n) is 3.79. The SMILES string of the molecule is CN(c1ncc(Cl)cn1)C1CCNCC1.Cl.Cl. The monoisotopic (exact) mass is 298 g/mol. The third-order valence-electron chi connectivity index (χ3n) is 2.78. The molecule has 0 spiro atoms. The second kappa shape index (κ2) is 7.93. The average molecular weight is 300 g/mol. The molecule has 4 nitrogen and oxygen atoms in total. The molecule has 1 fully saturated rings. The highest BCUT2D eigenvalue weighted by Crippen LogP contribution is 2.16. The first-order valence-electron chi connectivity index (χ1n) is 5.18. The molecule has 0 saturated carbocycles. The number of aromatic nitrogens is 2. The highest BCUT2D eigenvalue weighted by molar-refractivity contribution is 6.30. The molecule has 7 heteroatoms. The Morgan fingerprint density at radius 3 is 2.29 bits per heavy atom. The normalized spacial score (nSPS) is 15.6. The number of nitrogens with zero attached hydrogens (tertiary/aromatic N) is 3. The second-order valence-corrected chi connectivity index (χ2v) is 4.23. The number of halogens is 3. The van der Waals surface area contributed by atoms with Gasteiger partial charge < -0.3 is 10.2 Å². The fourth-order valence-corrected chi connectivity index (χ4v) is 1.94. The molecule has 0 aliphatic carbocycles. The third-order valence-corrected chi connectivity index (χ3v) is 2.97. The Balaban J connectivity index is 0.00000128. The molecule has 2 rings (SSSR count). The van der Waals surface area contributed by atoms with Crippen LogP contribution in [-0.4, -0.2) is 36.1 Å². The summed E-state index contributed by atoms with van der Waals surface area (Å²) in [5.41, 5.74) is 0. The molecule has 0 aromatic carbocycles. The van der Waals surface area contributed by atoms with Gasteiger partial charge in [0.1, 0.15) is 0 Å². The first-order chi connectivity index (χ1) is 7.27. The van der Waals surface area contributed by atoms with E-state index < -0.39 is 0 Å². The molecule has 0 radical (unpaired) electrons. The lowest BCUT2D eigenvalue weighted by Crippen LogP contribution is -2.41. The highest BCUT2D eigenvalue weighted by atomic mass is 35.5. The van der Waals surface area contributed by atoms with Gasteiger partial charge in [0, 0.05) is 13.1 Å². The molecular weight excluding hydrogens is 282 g/mol. The van der Waals surface area contributed by atoms with Gasteiger partial charge in [-0.1, -0.05) is 11.6 Å². The number of hydrogen-bond acceptors (Lipinski definition) is 4. The fraction of sp³-hybridized carbons (Fsp3) is 0.600. The molecule has 0 amide bonds. The van der Waals surface area contributed by atoms with Crippen molar-refractivity contribution >= 4 is 42.4 Å². The fourth-order valence-electron chi connectivity index (χ4n) is 1.84. The van der Waals surface area contributed by atoms with Crippen molar-refractivity contribution in [2.24, 2.45) is 0 Å². The Hall–Kier alpha value is -0.290. The summed E-state index contributed by atoms with van der Waals surface area (Å²) in [5, 5.41) is 3.92. The average Bonchev–Trinajstić information content (AvgIpc) is 2.30. The van der Waals surface area contributed by atoms with Crippen LogP contribution in [0.4, 0.5) is 5.95 Å². The topological polar surface area (TPSA) is 41.1 Å². The van der Waals surface area contributed by atoms with Crippen LogP contribution in [-0.2, 0) is 0 Å². The van der Waals surface area contributed by atoms with Crippen LogP contribution < -0.4 is 10.2 Å². The van der Waals surface area contributed by atoms with E-state index in [9.17, 15) is 0 Å². The lowest BCUT2D eigenvalue weighted by Gasteiger charge is -2.31. The lowest BCUT2D eigenvalue weighted by molar-refractivity contribution is 0.439. The first kappa shape index (κ1) is 16.7. The summed E-state index contributed by atoms with van der Waals surface area (Å²) in [6.07, 6.45) is 5.56. The van der Waals surface area contributed by atoms with Crippen molar-refractivity contribution in [3.63, 3.8) is 0 Å². The van der Waals surface area contributed by atoms with Crippen LogP contribution in [0.15, 0.2) is 12.4 Å². The molecule has 0 bridgehead atoms. The zero-order valence-corrected chi connectivity index (χ0v) is 12.0. The zero-order valence-electron chi connectivity index (χ0n) is 9.60. The van der Waals surface area contributed by atoms with Crippen LogP contribution in [0.3, 0.4) is 0 Å². The molecule has 1 saturated heterocycles. The van der Waals surface area contributed by atoms with Crippen LogP contribution in [0.5, 0.6) is 0 Å². The molecule has 98 valence electrons. The summed E-state index contributed by atoms with van der Waals surface area (Å²) in [6.45, 7) is 2.14. The van der Waals surface area contributed by atoms with Gasteiger partial charge in [0.2, 0.25) is 5.95 Å². The quantitative estimate of drug-likeness (QED) is 0.908. The molecule has 1 aliphatic rings. The maximum atomic E-state index is 5.75. The van der Waals surface area contributed by atoms with Crippen molar-refractivity contribution in [1.29, 1.82) is 0 Å². The van der Waals surface area contributed by atoms with Gasteiger partial charge in [-0.3, -0.25) is 0 Å². The van der Waals surface area contributed by atoms with Crippen molar-refractivity contribution in [3.05, 3.63) is 17.4 Å². The zero-order chi connectivity index (χ0) is 10.7. The summed E-state index contributed by atoms with van der Waals surface area (Å²) in [7, 11) is 2.04. The van der Waals surface area contributed by atoms with Crippen molar-refractivity contribution < 1.29 is 0 Å². The third kappa shape index (κ3) is 4.47. The number of piperidine rings is 1. The van der Waals surface area contributed by atoms with E-state index in [0.29, 0.717) is 11.1 Å². The van der Waals surface area contributed by atoms with Crippen molar-refractivity contribution in [3.8, 4) is 0 Å². The maximum absolute atomic E-state index is 5.75. The Morgan fingerprint density at radius 1 is 1.24 bits per heavy atom. The number of anilines is 1. The molecule has 1 aromatic rings. The predicted molar refractivity (Wildman–Crippen MR) is 75.8 cm³/mol. The van der Waals surface area contributed by atoms with Crippen molar-refractivity contribution in [2.75, 3.05) is 25.0 Å². The molecule has 0 atom stereocenters. The number of hydrogen-bond donors (Lipinski definition) is 1. The smallest absolute Gasteiger partial charge is 0.225 e. The van der Waals surface area contributed by atoms with Crippen molar-refractivity contribution in [1.82, 2.24) is 15.3 Å². The molecule has 2 heterocycles. The van der Waals surface area contributed by atoms with Crippen LogP contribution in [0, 0.1) is 0 Å². The molecule has 0 unspecified atom stereocenters. The van der Waals surface area contributed by atoms with Crippen LogP contribution >= 0.6 is 36.4 Å². The first-order valence-corrected chi connectivity index (χ1v) is 5.56. The van der Waals surface area contributed by atoms with Gasteiger partial charge in [-0.2, -0.15) is 0 Å². The molecule has 1 aliphatic heterocycles. The molecular formula is C10H17Cl3N4. The molecule has 1 N–H and O–H groups in total. The minimum atomic E-state index is 0. The van der Waals surface area contributed by atoms with E-state index >= 15 is 0 Å². The Bertz CT molecular complexity index is 314. The van der Waals surface area contributed by atoms with E-state index in [-0.39, 0.29) is 24.8 Å². The van der Waals surface area contributed by atoms with E-state index in [4.69, 9.17) is 11.6 Å². The molecule has 1 aromatic heterocycles. The van der Waals surface area contributed by atoms with Gasteiger partial charge >= 0.3 is 0 Å². The summed E-state index contributed by atoms with van der Waals surface area (Å²) < 4.78 is 0. The summed E-state index contributed by atoms with van der Waals surface area (Å²) >= 11 is 5.75. The maximum Gasteiger partial charge on any atom is 0.225 e.